The zero-order chi connectivity index (χ0) is 16.4. The van der Waals surface area contributed by atoms with Crippen molar-refractivity contribution in [2.75, 3.05) is 0 Å². The Labute approximate surface area is 132 Å². The van der Waals surface area contributed by atoms with Crippen molar-refractivity contribution >= 4 is 17.8 Å². The molecular formula is C18H11NO4. The SMILES string of the molecule is C#Cc1ccccc1CC(=O)ON1C(=O)c2ccccc2C1=O. The van der Waals surface area contributed by atoms with Crippen LogP contribution in [0.4, 0.5) is 0 Å². The van der Waals surface area contributed by atoms with Gasteiger partial charge in [-0.3, -0.25) is 9.59 Å². The van der Waals surface area contributed by atoms with Gasteiger partial charge in [-0.15, -0.1) is 6.42 Å². The first-order valence-electron chi connectivity index (χ1n) is 6.85. The molecule has 0 saturated carbocycles. The highest BCUT2D eigenvalue weighted by molar-refractivity contribution is 6.20. The van der Waals surface area contributed by atoms with E-state index >= 15 is 0 Å². The van der Waals surface area contributed by atoms with Crippen molar-refractivity contribution in [3.63, 3.8) is 0 Å². The smallest absolute Gasteiger partial charge is 0.329 e. The molecule has 0 bridgehead atoms. The quantitative estimate of drug-likeness (QED) is 0.642. The third-order valence-electron chi connectivity index (χ3n) is 3.46. The Kier molecular flexibility index (Phi) is 3.65. The molecule has 112 valence electrons. The van der Waals surface area contributed by atoms with Crippen LogP contribution in [-0.2, 0) is 16.1 Å². The van der Waals surface area contributed by atoms with Crippen LogP contribution in [0.1, 0.15) is 31.8 Å². The van der Waals surface area contributed by atoms with Crippen molar-refractivity contribution in [2.24, 2.45) is 0 Å². The van der Waals surface area contributed by atoms with E-state index in [-0.39, 0.29) is 17.5 Å². The first-order valence-corrected chi connectivity index (χ1v) is 6.85. The number of rotatable bonds is 3. The summed E-state index contributed by atoms with van der Waals surface area (Å²) >= 11 is 0. The Hall–Kier alpha value is -3.39. The van der Waals surface area contributed by atoms with Gasteiger partial charge in [-0.05, 0) is 23.8 Å². The topological polar surface area (TPSA) is 63.7 Å². The zero-order valence-electron chi connectivity index (χ0n) is 12.0. The van der Waals surface area contributed by atoms with Crippen LogP contribution in [-0.4, -0.2) is 22.8 Å². The molecule has 1 aliphatic heterocycles. The number of carbonyl (C=O) groups is 3. The first-order chi connectivity index (χ1) is 11.1. The second kappa shape index (κ2) is 5.78. The van der Waals surface area contributed by atoms with Gasteiger partial charge in [-0.2, -0.15) is 0 Å². The summed E-state index contributed by atoms with van der Waals surface area (Å²) < 4.78 is 0. The summed E-state index contributed by atoms with van der Waals surface area (Å²) in [5.74, 6) is 0.439. The molecule has 1 aliphatic rings. The highest BCUT2D eigenvalue weighted by atomic mass is 16.7. The average molecular weight is 305 g/mol. The molecule has 3 rings (SSSR count). The Morgan fingerprint density at radius 2 is 1.57 bits per heavy atom. The molecule has 0 aromatic heterocycles. The predicted octanol–water partition coefficient (Wildman–Crippen LogP) is 1.96. The Morgan fingerprint density at radius 3 is 2.17 bits per heavy atom. The molecule has 0 saturated heterocycles. The Balaban J connectivity index is 1.76. The monoisotopic (exact) mass is 305 g/mol. The number of hydrogen-bond donors (Lipinski definition) is 0. The maximum Gasteiger partial charge on any atom is 0.337 e. The number of hydroxylamine groups is 2. The highest BCUT2D eigenvalue weighted by Crippen LogP contribution is 2.23. The fraction of sp³-hybridized carbons (Fsp3) is 0.0556. The summed E-state index contributed by atoms with van der Waals surface area (Å²) in [5.41, 5.74) is 1.59. The maximum absolute atomic E-state index is 12.1. The summed E-state index contributed by atoms with van der Waals surface area (Å²) in [6.07, 6.45) is 5.24. The van der Waals surface area contributed by atoms with E-state index in [0.29, 0.717) is 16.2 Å². The number of imide groups is 1. The van der Waals surface area contributed by atoms with Gasteiger partial charge in [-0.25, -0.2) is 4.79 Å². The lowest BCUT2D eigenvalue weighted by atomic mass is 10.1. The number of fused-ring (bicyclic) bond motifs is 1. The van der Waals surface area contributed by atoms with Crippen LogP contribution in [0.25, 0.3) is 0 Å². The molecule has 5 nitrogen and oxygen atoms in total. The standard InChI is InChI=1S/C18H11NO4/c1-2-12-7-3-4-8-13(12)11-16(20)23-19-17(21)14-9-5-6-10-15(14)18(19)22/h1,3-10H,11H2. The van der Waals surface area contributed by atoms with Crippen LogP contribution in [0.2, 0.25) is 0 Å². The van der Waals surface area contributed by atoms with Crippen LogP contribution in [0, 0.1) is 12.3 Å². The number of nitrogens with zero attached hydrogens (tertiary/aromatic N) is 1. The van der Waals surface area contributed by atoms with Gasteiger partial charge in [0.1, 0.15) is 0 Å². The van der Waals surface area contributed by atoms with E-state index in [1.54, 1.807) is 36.4 Å². The van der Waals surface area contributed by atoms with Gasteiger partial charge in [0.05, 0.1) is 17.5 Å². The minimum Gasteiger partial charge on any atom is -0.329 e. The van der Waals surface area contributed by atoms with E-state index in [1.807, 2.05) is 0 Å². The largest absolute Gasteiger partial charge is 0.337 e. The molecule has 5 heteroatoms. The fourth-order valence-corrected chi connectivity index (χ4v) is 2.35. The molecule has 0 aliphatic carbocycles. The third-order valence-corrected chi connectivity index (χ3v) is 3.46. The zero-order valence-corrected chi connectivity index (χ0v) is 12.0. The fourth-order valence-electron chi connectivity index (χ4n) is 2.35. The van der Waals surface area contributed by atoms with Crippen molar-refractivity contribution in [3.8, 4) is 12.3 Å². The van der Waals surface area contributed by atoms with Gasteiger partial charge in [-0.1, -0.05) is 41.3 Å². The molecule has 0 atom stereocenters. The lowest BCUT2D eigenvalue weighted by Gasteiger charge is -2.13. The van der Waals surface area contributed by atoms with E-state index in [2.05, 4.69) is 5.92 Å². The van der Waals surface area contributed by atoms with Crippen molar-refractivity contribution in [2.45, 2.75) is 6.42 Å². The van der Waals surface area contributed by atoms with Crippen molar-refractivity contribution < 1.29 is 19.2 Å². The molecular weight excluding hydrogens is 294 g/mol. The van der Waals surface area contributed by atoms with E-state index in [0.717, 1.165) is 0 Å². The van der Waals surface area contributed by atoms with Gasteiger partial charge >= 0.3 is 5.97 Å². The summed E-state index contributed by atoms with van der Waals surface area (Å²) in [5, 5.41) is 0.492. The van der Waals surface area contributed by atoms with Gasteiger partial charge < -0.3 is 4.84 Å². The van der Waals surface area contributed by atoms with Crippen molar-refractivity contribution in [1.82, 2.24) is 5.06 Å². The molecule has 23 heavy (non-hydrogen) atoms. The van der Waals surface area contributed by atoms with E-state index in [4.69, 9.17) is 11.3 Å². The normalized spacial score (nSPS) is 12.7. The molecule has 2 aromatic rings. The predicted molar refractivity (Wildman–Crippen MR) is 81.1 cm³/mol. The summed E-state index contributed by atoms with van der Waals surface area (Å²) in [6, 6.07) is 13.2. The van der Waals surface area contributed by atoms with Gasteiger partial charge in [0, 0.05) is 5.56 Å². The second-order valence-electron chi connectivity index (χ2n) is 4.89. The molecule has 0 fully saturated rings. The van der Waals surface area contributed by atoms with Crippen LogP contribution in [0.5, 0.6) is 0 Å². The molecule has 2 amide bonds. The van der Waals surface area contributed by atoms with Crippen LogP contribution < -0.4 is 0 Å². The molecule has 0 N–H and O–H groups in total. The number of terminal acetylenes is 1. The van der Waals surface area contributed by atoms with E-state index < -0.39 is 17.8 Å². The Bertz CT molecular complexity index is 828. The lowest BCUT2D eigenvalue weighted by molar-refractivity contribution is -0.167. The van der Waals surface area contributed by atoms with Crippen LogP contribution >= 0.6 is 0 Å². The number of carbonyl (C=O) groups excluding carboxylic acids is 3. The average Bonchev–Trinajstić information content (AvgIpc) is 2.81. The van der Waals surface area contributed by atoms with Crippen LogP contribution in [0.15, 0.2) is 48.5 Å². The summed E-state index contributed by atoms with van der Waals surface area (Å²) in [7, 11) is 0. The van der Waals surface area contributed by atoms with Crippen molar-refractivity contribution in [3.05, 3.63) is 70.8 Å². The molecule has 0 radical (unpaired) electrons. The van der Waals surface area contributed by atoms with Gasteiger partial charge in [0.15, 0.2) is 0 Å². The van der Waals surface area contributed by atoms with Gasteiger partial charge in [0.2, 0.25) is 0 Å². The Morgan fingerprint density at radius 1 is 1.00 bits per heavy atom. The number of hydrogen-bond acceptors (Lipinski definition) is 4. The van der Waals surface area contributed by atoms with Gasteiger partial charge in [0.25, 0.3) is 11.8 Å². The highest BCUT2D eigenvalue weighted by Gasteiger charge is 2.38. The van der Waals surface area contributed by atoms with Crippen LogP contribution in [0.3, 0.4) is 0 Å². The summed E-state index contributed by atoms with van der Waals surface area (Å²) in [6.45, 7) is 0. The third kappa shape index (κ3) is 2.58. The molecule has 0 spiro atoms. The minimum absolute atomic E-state index is 0.131. The molecule has 1 heterocycles. The second-order valence-corrected chi connectivity index (χ2v) is 4.89. The van der Waals surface area contributed by atoms with Crippen molar-refractivity contribution in [1.29, 1.82) is 0 Å². The lowest BCUT2D eigenvalue weighted by Crippen LogP contribution is -2.33. The maximum atomic E-state index is 12.1. The summed E-state index contributed by atoms with van der Waals surface area (Å²) in [4.78, 5) is 41.2. The van der Waals surface area contributed by atoms with E-state index in [9.17, 15) is 14.4 Å². The molecule has 2 aromatic carbocycles. The first kappa shape index (κ1) is 14.5. The molecule has 0 unspecified atom stereocenters. The number of amides is 2. The van der Waals surface area contributed by atoms with E-state index in [1.165, 1.54) is 12.1 Å². The minimum atomic E-state index is -0.734. The number of benzene rings is 2.